The van der Waals surface area contributed by atoms with E-state index in [0.29, 0.717) is 31.1 Å². The highest BCUT2D eigenvalue weighted by Crippen LogP contribution is 2.11. The van der Waals surface area contributed by atoms with E-state index in [9.17, 15) is 9.59 Å². The van der Waals surface area contributed by atoms with Crippen LogP contribution in [-0.4, -0.2) is 29.8 Å². The molecule has 2 rings (SSSR count). The molecule has 0 spiro atoms. The van der Waals surface area contributed by atoms with Crippen LogP contribution in [0.4, 0.5) is 0 Å². The van der Waals surface area contributed by atoms with E-state index >= 15 is 0 Å². The van der Waals surface area contributed by atoms with Gasteiger partial charge in [-0.2, -0.15) is 0 Å². The maximum Gasteiger partial charge on any atom is 0.224 e. The van der Waals surface area contributed by atoms with Crippen molar-refractivity contribution in [1.29, 1.82) is 0 Å². The van der Waals surface area contributed by atoms with Gasteiger partial charge in [0.1, 0.15) is 0 Å². The predicted molar refractivity (Wildman–Crippen MR) is 100 cm³/mol. The van der Waals surface area contributed by atoms with Crippen LogP contribution < -0.4 is 5.32 Å². The second-order valence-electron chi connectivity index (χ2n) is 6.02. The van der Waals surface area contributed by atoms with Crippen LogP contribution in [0.3, 0.4) is 0 Å². The average molecular weight is 359 g/mol. The SMILES string of the molecule is CC(=O)N(CCNC(=O)Cc1ccccc1C)Cc1ccc(Cl)cc1. The maximum absolute atomic E-state index is 12.1. The number of benzene rings is 2. The Labute approximate surface area is 153 Å². The Morgan fingerprint density at radius 2 is 1.76 bits per heavy atom. The standard InChI is InChI=1S/C20H23ClN2O2/c1-15-5-3-4-6-18(15)13-20(25)22-11-12-23(16(2)24)14-17-7-9-19(21)10-8-17/h3-10H,11-14H2,1-2H3,(H,22,25). The molecule has 1 N–H and O–H groups in total. The first kappa shape index (κ1) is 19.0. The number of rotatable bonds is 7. The van der Waals surface area contributed by atoms with Gasteiger partial charge in [0.25, 0.3) is 0 Å². The van der Waals surface area contributed by atoms with Crippen LogP contribution in [-0.2, 0) is 22.6 Å². The number of nitrogens with zero attached hydrogens (tertiary/aromatic N) is 1. The van der Waals surface area contributed by atoms with Gasteiger partial charge in [-0.3, -0.25) is 9.59 Å². The third kappa shape index (κ3) is 6.24. The molecular weight excluding hydrogens is 336 g/mol. The van der Waals surface area contributed by atoms with E-state index in [1.54, 1.807) is 17.0 Å². The van der Waals surface area contributed by atoms with Gasteiger partial charge < -0.3 is 10.2 Å². The molecule has 0 aromatic heterocycles. The smallest absolute Gasteiger partial charge is 0.224 e. The first-order chi connectivity index (χ1) is 12.0. The molecule has 0 atom stereocenters. The van der Waals surface area contributed by atoms with Crippen LogP contribution in [0.1, 0.15) is 23.6 Å². The van der Waals surface area contributed by atoms with Crippen molar-refractivity contribution in [2.45, 2.75) is 26.8 Å². The van der Waals surface area contributed by atoms with Gasteiger partial charge in [-0.25, -0.2) is 0 Å². The molecule has 0 heterocycles. The molecule has 2 aromatic carbocycles. The van der Waals surface area contributed by atoms with E-state index in [0.717, 1.165) is 16.7 Å². The molecule has 0 saturated carbocycles. The first-order valence-electron chi connectivity index (χ1n) is 8.27. The van der Waals surface area contributed by atoms with E-state index in [-0.39, 0.29) is 11.8 Å². The average Bonchev–Trinajstić information content (AvgIpc) is 2.57. The summed E-state index contributed by atoms with van der Waals surface area (Å²) in [5, 5.41) is 3.55. The lowest BCUT2D eigenvalue weighted by molar-refractivity contribution is -0.130. The van der Waals surface area contributed by atoms with Crippen molar-refractivity contribution < 1.29 is 9.59 Å². The molecule has 0 bridgehead atoms. The highest BCUT2D eigenvalue weighted by atomic mass is 35.5. The van der Waals surface area contributed by atoms with Gasteiger partial charge in [0.05, 0.1) is 6.42 Å². The number of amides is 2. The molecule has 25 heavy (non-hydrogen) atoms. The van der Waals surface area contributed by atoms with Crippen LogP contribution in [0.2, 0.25) is 5.02 Å². The van der Waals surface area contributed by atoms with Crippen LogP contribution in [0.25, 0.3) is 0 Å². The molecule has 0 radical (unpaired) electrons. The minimum Gasteiger partial charge on any atom is -0.354 e. The molecule has 0 saturated heterocycles. The zero-order valence-electron chi connectivity index (χ0n) is 14.6. The number of nitrogens with one attached hydrogen (secondary N) is 1. The zero-order chi connectivity index (χ0) is 18.2. The van der Waals surface area contributed by atoms with Crippen molar-refractivity contribution in [1.82, 2.24) is 10.2 Å². The lowest BCUT2D eigenvalue weighted by Crippen LogP contribution is -2.37. The highest BCUT2D eigenvalue weighted by molar-refractivity contribution is 6.30. The van der Waals surface area contributed by atoms with Crippen molar-refractivity contribution in [2.75, 3.05) is 13.1 Å². The molecule has 2 aromatic rings. The van der Waals surface area contributed by atoms with Crippen molar-refractivity contribution in [3.05, 3.63) is 70.2 Å². The van der Waals surface area contributed by atoms with E-state index in [1.165, 1.54) is 6.92 Å². The van der Waals surface area contributed by atoms with Crippen molar-refractivity contribution >= 4 is 23.4 Å². The lowest BCUT2D eigenvalue weighted by Gasteiger charge is -2.21. The molecule has 2 amide bonds. The molecule has 0 aliphatic carbocycles. The summed E-state index contributed by atoms with van der Waals surface area (Å²) in [6.45, 7) is 4.92. The zero-order valence-corrected chi connectivity index (χ0v) is 15.3. The second-order valence-corrected chi connectivity index (χ2v) is 6.46. The maximum atomic E-state index is 12.1. The fraction of sp³-hybridized carbons (Fsp3) is 0.300. The van der Waals surface area contributed by atoms with E-state index in [1.807, 2.05) is 43.3 Å². The van der Waals surface area contributed by atoms with Crippen LogP contribution in [0.5, 0.6) is 0 Å². The summed E-state index contributed by atoms with van der Waals surface area (Å²) in [5.41, 5.74) is 3.13. The summed E-state index contributed by atoms with van der Waals surface area (Å²) >= 11 is 5.88. The number of carbonyl (C=O) groups excluding carboxylic acids is 2. The summed E-state index contributed by atoms with van der Waals surface area (Å²) < 4.78 is 0. The van der Waals surface area contributed by atoms with Gasteiger partial charge in [0.2, 0.25) is 11.8 Å². The van der Waals surface area contributed by atoms with Crippen molar-refractivity contribution in [2.24, 2.45) is 0 Å². The van der Waals surface area contributed by atoms with Crippen molar-refractivity contribution in [3.8, 4) is 0 Å². The summed E-state index contributed by atoms with van der Waals surface area (Å²) in [5.74, 6) is -0.0626. The molecule has 132 valence electrons. The van der Waals surface area contributed by atoms with Gasteiger partial charge in [0, 0.05) is 31.6 Å². The highest BCUT2D eigenvalue weighted by Gasteiger charge is 2.11. The summed E-state index contributed by atoms with van der Waals surface area (Å²) in [6.07, 6.45) is 0.351. The van der Waals surface area contributed by atoms with Gasteiger partial charge in [-0.15, -0.1) is 0 Å². The Bertz CT molecular complexity index is 729. The summed E-state index contributed by atoms with van der Waals surface area (Å²) in [7, 11) is 0. The number of aryl methyl sites for hydroxylation is 1. The van der Waals surface area contributed by atoms with Gasteiger partial charge in [0.15, 0.2) is 0 Å². The Morgan fingerprint density at radius 3 is 2.40 bits per heavy atom. The van der Waals surface area contributed by atoms with E-state index < -0.39 is 0 Å². The van der Waals surface area contributed by atoms with Crippen LogP contribution in [0, 0.1) is 6.92 Å². The van der Waals surface area contributed by atoms with Gasteiger partial charge in [-0.05, 0) is 35.7 Å². The molecule has 0 unspecified atom stereocenters. The quantitative estimate of drug-likeness (QED) is 0.825. The van der Waals surface area contributed by atoms with Crippen molar-refractivity contribution in [3.63, 3.8) is 0 Å². The Hall–Kier alpha value is -2.33. The monoisotopic (exact) mass is 358 g/mol. The Kier molecular flexibility index (Phi) is 7.02. The third-order valence-corrected chi connectivity index (χ3v) is 4.30. The largest absolute Gasteiger partial charge is 0.354 e. The number of halogens is 1. The van der Waals surface area contributed by atoms with E-state index in [2.05, 4.69) is 5.32 Å². The number of hydrogen-bond donors (Lipinski definition) is 1. The minimum absolute atomic E-state index is 0.0249. The third-order valence-electron chi connectivity index (χ3n) is 4.05. The van der Waals surface area contributed by atoms with Gasteiger partial charge in [-0.1, -0.05) is 48.0 Å². The molecular formula is C20H23ClN2O2. The molecule has 0 aliphatic rings. The summed E-state index contributed by atoms with van der Waals surface area (Å²) in [6, 6.07) is 15.2. The molecule has 4 nitrogen and oxygen atoms in total. The van der Waals surface area contributed by atoms with Gasteiger partial charge >= 0.3 is 0 Å². The number of carbonyl (C=O) groups is 2. The molecule has 0 aliphatic heterocycles. The van der Waals surface area contributed by atoms with Crippen LogP contribution in [0.15, 0.2) is 48.5 Å². The topological polar surface area (TPSA) is 49.4 Å². The Morgan fingerprint density at radius 1 is 1.08 bits per heavy atom. The normalized spacial score (nSPS) is 10.4. The summed E-state index contributed by atoms with van der Waals surface area (Å²) in [4.78, 5) is 25.6. The minimum atomic E-state index is -0.0377. The first-order valence-corrected chi connectivity index (χ1v) is 8.64. The lowest BCUT2D eigenvalue weighted by atomic mass is 10.1. The fourth-order valence-electron chi connectivity index (χ4n) is 2.53. The van der Waals surface area contributed by atoms with E-state index in [4.69, 9.17) is 11.6 Å². The second kappa shape index (κ2) is 9.23. The Balaban J connectivity index is 1.82. The molecule has 5 heteroatoms. The number of hydrogen-bond acceptors (Lipinski definition) is 2. The molecule has 0 fully saturated rings. The fourth-order valence-corrected chi connectivity index (χ4v) is 2.66. The van der Waals surface area contributed by atoms with Crippen LogP contribution >= 0.6 is 11.6 Å². The predicted octanol–water partition coefficient (Wildman–Crippen LogP) is 3.36.